The third-order valence-corrected chi connectivity index (χ3v) is 3.69. The molecule has 0 aromatic rings. The van der Waals surface area contributed by atoms with Crippen LogP contribution < -0.4 is 0 Å². The largest absolute Gasteiger partial charge is 0.475 e. The van der Waals surface area contributed by atoms with Gasteiger partial charge in [0.2, 0.25) is 5.78 Å². The van der Waals surface area contributed by atoms with E-state index in [0.717, 1.165) is 38.5 Å². The number of carbonyl (C=O) groups excluding carboxylic acids is 1. The Hall–Kier alpha value is -0.860. The molecule has 1 N–H and O–H groups in total. The van der Waals surface area contributed by atoms with Gasteiger partial charge in [-0.3, -0.25) is 4.79 Å². The van der Waals surface area contributed by atoms with Crippen LogP contribution in [0.3, 0.4) is 0 Å². The summed E-state index contributed by atoms with van der Waals surface area (Å²) in [6.45, 7) is 0. The van der Waals surface area contributed by atoms with Crippen molar-refractivity contribution in [1.82, 2.24) is 0 Å². The van der Waals surface area contributed by atoms with Gasteiger partial charge in [0.1, 0.15) is 0 Å². The first kappa shape index (κ1) is 14.2. The quantitative estimate of drug-likeness (QED) is 0.751. The maximum atomic E-state index is 11.5. The standard InChI is InChI=1S/C14H24O3/c15-13(14(16)17)12-10-8-6-4-2-1-3-5-7-9-11-12/h12H,1-11H2,(H,16,17). The van der Waals surface area contributed by atoms with Crippen LogP contribution in [0.5, 0.6) is 0 Å². The summed E-state index contributed by atoms with van der Waals surface area (Å²) in [4.78, 5) is 22.2. The van der Waals surface area contributed by atoms with Crippen molar-refractivity contribution in [1.29, 1.82) is 0 Å². The van der Waals surface area contributed by atoms with E-state index in [-0.39, 0.29) is 5.92 Å². The molecule has 0 unspecified atom stereocenters. The van der Waals surface area contributed by atoms with Gasteiger partial charge < -0.3 is 5.11 Å². The summed E-state index contributed by atoms with van der Waals surface area (Å²) in [7, 11) is 0. The Morgan fingerprint density at radius 2 is 1.06 bits per heavy atom. The first-order valence-electron chi connectivity index (χ1n) is 6.99. The monoisotopic (exact) mass is 240 g/mol. The van der Waals surface area contributed by atoms with E-state index in [1.54, 1.807) is 0 Å². The molecule has 1 aliphatic rings. The van der Waals surface area contributed by atoms with Crippen molar-refractivity contribution in [3.05, 3.63) is 0 Å². The van der Waals surface area contributed by atoms with E-state index in [2.05, 4.69) is 0 Å². The lowest BCUT2D eigenvalue weighted by atomic mass is 9.90. The van der Waals surface area contributed by atoms with Crippen LogP contribution in [-0.2, 0) is 9.59 Å². The number of hydrogen-bond donors (Lipinski definition) is 1. The molecule has 1 aliphatic carbocycles. The molecule has 0 saturated heterocycles. The van der Waals surface area contributed by atoms with E-state index >= 15 is 0 Å². The Morgan fingerprint density at radius 1 is 0.706 bits per heavy atom. The smallest absolute Gasteiger partial charge is 0.372 e. The van der Waals surface area contributed by atoms with Crippen molar-refractivity contribution in [2.45, 2.75) is 70.6 Å². The predicted molar refractivity (Wildman–Crippen MR) is 66.9 cm³/mol. The van der Waals surface area contributed by atoms with Crippen LogP contribution in [0.25, 0.3) is 0 Å². The number of carboxylic acids is 1. The van der Waals surface area contributed by atoms with Crippen LogP contribution in [0.4, 0.5) is 0 Å². The van der Waals surface area contributed by atoms with Gasteiger partial charge in [-0.05, 0) is 12.8 Å². The van der Waals surface area contributed by atoms with Crippen molar-refractivity contribution in [2.24, 2.45) is 5.92 Å². The number of carboxylic acid groups (broad SMARTS) is 1. The van der Waals surface area contributed by atoms with Crippen LogP contribution in [0, 0.1) is 5.92 Å². The van der Waals surface area contributed by atoms with Crippen LogP contribution in [0.1, 0.15) is 70.6 Å². The molecule has 1 saturated carbocycles. The highest BCUT2D eigenvalue weighted by atomic mass is 16.4. The predicted octanol–water partition coefficient (Wildman–Crippen LogP) is 3.56. The van der Waals surface area contributed by atoms with Crippen LogP contribution in [0.15, 0.2) is 0 Å². The Balaban J connectivity index is 2.42. The van der Waals surface area contributed by atoms with E-state index in [1.807, 2.05) is 0 Å². The maximum absolute atomic E-state index is 11.5. The molecule has 0 bridgehead atoms. The van der Waals surface area contributed by atoms with Gasteiger partial charge in [-0.15, -0.1) is 0 Å². The molecule has 0 amide bonds. The molecular formula is C14H24O3. The lowest BCUT2D eigenvalue weighted by molar-refractivity contribution is -0.151. The molecule has 0 aliphatic heterocycles. The van der Waals surface area contributed by atoms with Crippen LogP contribution in [0.2, 0.25) is 0 Å². The second-order valence-electron chi connectivity index (χ2n) is 5.13. The summed E-state index contributed by atoms with van der Waals surface area (Å²) >= 11 is 0. The molecule has 0 atom stereocenters. The first-order chi connectivity index (χ1) is 8.22. The summed E-state index contributed by atoms with van der Waals surface area (Å²) in [5.74, 6) is -2.05. The van der Waals surface area contributed by atoms with Gasteiger partial charge in [0, 0.05) is 5.92 Å². The minimum Gasteiger partial charge on any atom is -0.475 e. The van der Waals surface area contributed by atoms with Gasteiger partial charge in [-0.1, -0.05) is 57.8 Å². The number of aliphatic carboxylic acids is 1. The highest BCUT2D eigenvalue weighted by molar-refractivity contribution is 6.33. The van der Waals surface area contributed by atoms with Gasteiger partial charge in [0.05, 0.1) is 0 Å². The summed E-state index contributed by atoms with van der Waals surface area (Å²) in [5.41, 5.74) is 0. The highest BCUT2D eigenvalue weighted by Crippen LogP contribution is 2.21. The van der Waals surface area contributed by atoms with Gasteiger partial charge in [-0.25, -0.2) is 4.79 Å². The van der Waals surface area contributed by atoms with Gasteiger partial charge in [0.15, 0.2) is 0 Å². The van der Waals surface area contributed by atoms with E-state index < -0.39 is 11.8 Å². The molecule has 0 aromatic carbocycles. The minimum absolute atomic E-state index is 0.230. The molecule has 0 heterocycles. The summed E-state index contributed by atoms with van der Waals surface area (Å²) in [6.07, 6.45) is 12.2. The molecule has 0 spiro atoms. The first-order valence-corrected chi connectivity index (χ1v) is 6.99. The van der Waals surface area contributed by atoms with E-state index in [0.29, 0.717) is 0 Å². The summed E-state index contributed by atoms with van der Waals surface area (Å²) in [5, 5.41) is 8.77. The number of hydrogen-bond acceptors (Lipinski definition) is 2. The zero-order valence-electron chi connectivity index (χ0n) is 10.6. The van der Waals surface area contributed by atoms with Crippen molar-refractivity contribution in [3.63, 3.8) is 0 Å². The molecular weight excluding hydrogens is 216 g/mol. The van der Waals surface area contributed by atoms with Crippen LogP contribution in [-0.4, -0.2) is 16.9 Å². The fourth-order valence-electron chi connectivity index (χ4n) is 2.60. The number of rotatable bonds is 2. The van der Waals surface area contributed by atoms with Gasteiger partial charge in [0.25, 0.3) is 0 Å². The number of ketones is 1. The normalized spacial score (nSPS) is 21.2. The molecule has 17 heavy (non-hydrogen) atoms. The Bertz CT molecular complexity index is 236. The van der Waals surface area contributed by atoms with Crippen molar-refractivity contribution >= 4 is 11.8 Å². The molecule has 3 heteroatoms. The van der Waals surface area contributed by atoms with Gasteiger partial charge >= 0.3 is 5.97 Å². The van der Waals surface area contributed by atoms with Crippen molar-refractivity contribution in [3.8, 4) is 0 Å². The molecule has 3 nitrogen and oxygen atoms in total. The summed E-state index contributed by atoms with van der Waals surface area (Å²) in [6, 6.07) is 0. The van der Waals surface area contributed by atoms with E-state index in [1.165, 1.54) is 32.1 Å². The Kier molecular flexibility index (Phi) is 6.90. The number of carbonyl (C=O) groups is 2. The SMILES string of the molecule is O=C(O)C(=O)C1CCCCCCCCCCC1. The lowest BCUT2D eigenvalue weighted by Gasteiger charge is -2.14. The zero-order valence-corrected chi connectivity index (χ0v) is 10.6. The second-order valence-corrected chi connectivity index (χ2v) is 5.13. The van der Waals surface area contributed by atoms with E-state index in [9.17, 15) is 9.59 Å². The zero-order chi connectivity index (χ0) is 12.5. The molecule has 0 aromatic heterocycles. The fraction of sp³-hybridized carbons (Fsp3) is 0.857. The fourth-order valence-corrected chi connectivity index (χ4v) is 2.60. The molecule has 98 valence electrons. The topological polar surface area (TPSA) is 54.4 Å². The average Bonchev–Trinajstić information content (AvgIpc) is 2.29. The molecule has 1 fully saturated rings. The Labute approximate surface area is 104 Å². The molecule has 1 rings (SSSR count). The highest BCUT2D eigenvalue weighted by Gasteiger charge is 2.23. The van der Waals surface area contributed by atoms with E-state index in [4.69, 9.17) is 5.11 Å². The van der Waals surface area contributed by atoms with Gasteiger partial charge in [-0.2, -0.15) is 0 Å². The maximum Gasteiger partial charge on any atom is 0.372 e. The van der Waals surface area contributed by atoms with Crippen molar-refractivity contribution in [2.75, 3.05) is 0 Å². The van der Waals surface area contributed by atoms with Crippen molar-refractivity contribution < 1.29 is 14.7 Å². The third kappa shape index (κ3) is 5.85. The number of Topliss-reactive ketones (excluding diaryl/α,β-unsaturated/α-hetero) is 1. The molecule has 0 radical (unpaired) electrons. The van der Waals surface area contributed by atoms with Crippen LogP contribution >= 0.6 is 0 Å². The lowest BCUT2D eigenvalue weighted by Crippen LogP contribution is -2.23. The summed E-state index contributed by atoms with van der Waals surface area (Å²) < 4.78 is 0. The third-order valence-electron chi connectivity index (χ3n) is 3.69. The average molecular weight is 240 g/mol. The second kappa shape index (κ2) is 8.26. The Morgan fingerprint density at radius 3 is 1.41 bits per heavy atom. The minimum atomic E-state index is -1.25.